The van der Waals surface area contributed by atoms with Gasteiger partial charge in [-0.15, -0.1) is 0 Å². The van der Waals surface area contributed by atoms with Crippen molar-refractivity contribution in [2.24, 2.45) is 0 Å². The zero-order chi connectivity index (χ0) is 16.7. The number of hydrogen-bond donors (Lipinski definition) is 2. The molecule has 0 aliphatic rings. The summed E-state index contributed by atoms with van der Waals surface area (Å²) in [5.41, 5.74) is 2.79. The predicted molar refractivity (Wildman–Crippen MR) is 94.5 cm³/mol. The largest absolute Gasteiger partial charge is 0.386 e. The first-order chi connectivity index (χ1) is 11.1. The molecule has 0 aliphatic carbocycles. The first-order valence-electron chi connectivity index (χ1n) is 7.04. The van der Waals surface area contributed by atoms with Gasteiger partial charge in [0.25, 0.3) is 5.91 Å². The maximum absolute atomic E-state index is 12.1. The number of nitriles is 1. The maximum Gasteiger partial charge on any atom is 0.267 e. The molecule has 4 nitrogen and oxygen atoms in total. The van der Waals surface area contributed by atoms with E-state index in [0.29, 0.717) is 12.2 Å². The van der Waals surface area contributed by atoms with E-state index in [1.54, 1.807) is 6.07 Å². The highest BCUT2D eigenvalue weighted by molar-refractivity contribution is 9.10. The third-order valence-electron chi connectivity index (χ3n) is 3.08. The molecule has 0 aromatic heterocycles. The second kappa shape index (κ2) is 8.16. The Morgan fingerprint density at radius 1 is 1.26 bits per heavy atom. The van der Waals surface area contributed by atoms with Crippen LogP contribution in [0.1, 0.15) is 11.1 Å². The van der Waals surface area contributed by atoms with Crippen LogP contribution in [-0.2, 0) is 11.3 Å². The minimum Gasteiger partial charge on any atom is -0.386 e. The zero-order valence-electron chi connectivity index (χ0n) is 12.6. The van der Waals surface area contributed by atoms with Gasteiger partial charge < -0.3 is 10.6 Å². The molecule has 0 saturated heterocycles. The van der Waals surface area contributed by atoms with Gasteiger partial charge in [-0.05, 0) is 42.3 Å². The number of carbonyl (C=O) groups is 1. The number of aryl methyl sites for hydroxylation is 1. The lowest BCUT2D eigenvalue weighted by molar-refractivity contribution is -0.112. The van der Waals surface area contributed by atoms with Crippen LogP contribution in [0.5, 0.6) is 0 Å². The molecule has 0 heterocycles. The highest BCUT2D eigenvalue weighted by atomic mass is 79.9. The van der Waals surface area contributed by atoms with Crippen molar-refractivity contribution in [3.05, 3.63) is 75.9 Å². The van der Waals surface area contributed by atoms with Crippen LogP contribution in [0.4, 0.5) is 5.69 Å². The van der Waals surface area contributed by atoms with Crippen LogP contribution >= 0.6 is 15.9 Å². The monoisotopic (exact) mass is 369 g/mol. The van der Waals surface area contributed by atoms with Crippen molar-refractivity contribution in [2.75, 3.05) is 5.32 Å². The number of nitrogens with zero attached hydrogens (tertiary/aromatic N) is 1. The van der Waals surface area contributed by atoms with E-state index in [1.165, 1.54) is 6.20 Å². The Hall–Kier alpha value is -2.58. The van der Waals surface area contributed by atoms with E-state index in [4.69, 9.17) is 5.26 Å². The van der Waals surface area contributed by atoms with Crippen LogP contribution in [0.25, 0.3) is 0 Å². The quantitative estimate of drug-likeness (QED) is 0.620. The van der Waals surface area contributed by atoms with E-state index >= 15 is 0 Å². The van der Waals surface area contributed by atoms with Gasteiger partial charge in [0, 0.05) is 22.9 Å². The van der Waals surface area contributed by atoms with E-state index in [-0.39, 0.29) is 5.57 Å². The maximum atomic E-state index is 12.1. The molecular weight excluding hydrogens is 354 g/mol. The fourth-order valence-electron chi connectivity index (χ4n) is 1.99. The molecule has 0 unspecified atom stereocenters. The van der Waals surface area contributed by atoms with Crippen molar-refractivity contribution < 1.29 is 4.79 Å². The number of benzene rings is 2. The molecule has 0 bridgehead atoms. The van der Waals surface area contributed by atoms with Crippen molar-refractivity contribution in [1.82, 2.24) is 5.32 Å². The van der Waals surface area contributed by atoms with Gasteiger partial charge in [0.1, 0.15) is 11.6 Å². The standard InChI is InChI=1S/C18H16BrN3O/c1-13-4-2-7-17(8-13)22-18(23)15(10-20)12-21-11-14-5-3-6-16(19)9-14/h2-9,12,21H,11H2,1H3,(H,22,23)/b15-12-. The molecule has 1 amide bonds. The first-order valence-corrected chi connectivity index (χ1v) is 7.84. The van der Waals surface area contributed by atoms with Crippen LogP contribution in [0.15, 0.2) is 64.8 Å². The lowest BCUT2D eigenvalue weighted by Crippen LogP contribution is -2.16. The molecule has 0 saturated carbocycles. The molecule has 2 N–H and O–H groups in total. The zero-order valence-corrected chi connectivity index (χ0v) is 14.2. The molecular formula is C18H16BrN3O. The van der Waals surface area contributed by atoms with Crippen LogP contribution in [0.3, 0.4) is 0 Å². The number of carbonyl (C=O) groups excluding carboxylic acids is 1. The number of rotatable bonds is 5. The average molecular weight is 370 g/mol. The average Bonchev–Trinajstić information content (AvgIpc) is 2.51. The Morgan fingerprint density at radius 3 is 2.74 bits per heavy atom. The lowest BCUT2D eigenvalue weighted by Gasteiger charge is -2.06. The predicted octanol–water partition coefficient (Wildman–Crippen LogP) is 3.89. The highest BCUT2D eigenvalue weighted by Crippen LogP contribution is 2.12. The van der Waals surface area contributed by atoms with E-state index in [0.717, 1.165) is 15.6 Å². The van der Waals surface area contributed by atoms with Crippen LogP contribution in [0, 0.1) is 18.3 Å². The van der Waals surface area contributed by atoms with Gasteiger partial charge in [-0.25, -0.2) is 0 Å². The summed E-state index contributed by atoms with van der Waals surface area (Å²) in [5.74, 6) is -0.431. The van der Waals surface area contributed by atoms with E-state index in [2.05, 4.69) is 26.6 Å². The molecule has 0 spiro atoms. The van der Waals surface area contributed by atoms with Crippen molar-refractivity contribution >= 4 is 27.5 Å². The highest BCUT2D eigenvalue weighted by Gasteiger charge is 2.09. The van der Waals surface area contributed by atoms with Crippen molar-refractivity contribution in [2.45, 2.75) is 13.5 Å². The summed E-state index contributed by atoms with van der Waals surface area (Å²) in [7, 11) is 0. The molecule has 0 aliphatic heterocycles. The normalized spacial score (nSPS) is 10.7. The number of anilines is 1. The Morgan fingerprint density at radius 2 is 2.04 bits per heavy atom. The smallest absolute Gasteiger partial charge is 0.267 e. The molecule has 0 atom stereocenters. The Bertz CT molecular complexity index is 778. The Kier molecular flexibility index (Phi) is 5.95. The summed E-state index contributed by atoms with van der Waals surface area (Å²) in [4.78, 5) is 12.1. The molecule has 2 rings (SSSR count). The molecule has 0 fully saturated rings. The number of halogens is 1. The molecule has 0 radical (unpaired) electrons. The van der Waals surface area contributed by atoms with Crippen molar-refractivity contribution in [3.63, 3.8) is 0 Å². The van der Waals surface area contributed by atoms with E-state index < -0.39 is 5.91 Å². The minimum absolute atomic E-state index is 0.0292. The van der Waals surface area contributed by atoms with Gasteiger partial charge in [-0.1, -0.05) is 40.2 Å². The number of nitrogens with one attached hydrogen (secondary N) is 2. The fourth-order valence-corrected chi connectivity index (χ4v) is 2.43. The van der Waals surface area contributed by atoms with E-state index in [1.807, 2.05) is 55.5 Å². The molecule has 5 heteroatoms. The van der Waals surface area contributed by atoms with Crippen molar-refractivity contribution in [1.29, 1.82) is 5.26 Å². The van der Waals surface area contributed by atoms with Gasteiger partial charge in [-0.2, -0.15) is 5.26 Å². The van der Waals surface area contributed by atoms with Crippen LogP contribution in [-0.4, -0.2) is 5.91 Å². The molecule has 116 valence electrons. The number of amides is 1. The Labute approximate surface area is 144 Å². The first kappa shape index (κ1) is 16.8. The third kappa shape index (κ3) is 5.28. The summed E-state index contributed by atoms with van der Waals surface area (Å²) >= 11 is 3.40. The number of hydrogen-bond acceptors (Lipinski definition) is 3. The van der Waals surface area contributed by atoms with Crippen LogP contribution in [0.2, 0.25) is 0 Å². The van der Waals surface area contributed by atoms with Gasteiger partial charge in [0.15, 0.2) is 0 Å². The lowest BCUT2D eigenvalue weighted by atomic mass is 10.2. The second-order valence-corrected chi connectivity index (χ2v) is 5.92. The SMILES string of the molecule is Cc1cccc(NC(=O)/C(C#N)=C\NCc2cccc(Br)c2)c1. The summed E-state index contributed by atoms with van der Waals surface area (Å²) in [6.45, 7) is 2.47. The summed E-state index contributed by atoms with van der Waals surface area (Å²) in [6, 6.07) is 17.1. The minimum atomic E-state index is -0.431. The van der Waals surface area contributed by atoms with Crippen LogP contribution < -0.4 is 10.6 Å². The molecule has 23 heavy (non-hydrogen) atoms. The summed E-state index contributed by atoms with van der Waals surface area (Å²) in [5, 5.41) is 14.8. The topological polar surface area (TPSA) is 64.9 Å². The third-order valence-corrected chi connectivity index (χ3v) is 3.58. The van der Waals surface area contributed by atoms with Gasteiger partial charge in [0.05, 0.1) is 0 Å². The van der Waals surface area contributed by atoms with Gasteiger partial charge in [-0.3, -0.25) is 4.79 Å². The summed E-state index contributed by atoms with van der Waals surface area (Å²) in [6.07, 6.45) is 1.44. The summed E-state index contributed by atoms with van der Waals surface area (Å²) < 4.78 is 0.985. The van der Waals surface area contributed by atoms with Crippen molar-refractivity contribution in [3.8, 4) is 6.07 Å². The van der Waals surface area contributed by atoms with Gasteiger partial charge >= 0.3 is 0 Å². The molecule has 2 aromatic rings. The fraction of sp³-hybridized carbons (Fsp3) is 0.111. The second-order valence-electron chi connectivity index (χ2n) is 5.00. The van der Waals surface area contributed by atoms with Gasteiger partial charge in [0.2, 0.25) is 0 Å². The Balaban J connectivity index is 1.98. The molecule has 2 aromatic carbocycles. The van der Waals surface area contributed by atoms with E-state index in [9.17, 15) is 4.79 Å².